The van der Waals surface area contributed by atoms with Gasteiger partial charge in [0.25, 0.3) is 10.1 Å². The molecule has 5 heteroatoms. The molecular weight excluding hydrogens is 311 g/mol. The van der Waals surface area contributed by atoms with Gasteiger partial charge in [0.2, 0.25) is 0 Å². The van der Waals surface area contributed by atoms with Gasteiger partial charge in [-0.3, -0.25) is 4.18 Å². The molecule has 0 N–H and O–H groups in total. The van der Waals surface area contributed by atoms with Crippen molar-refractivity contribution in [3.05, 3.63) is 30.3 Å². The van der Waals surface area contributed by atoms with Crippen molar-refractivity contribution in [3.8, 4) is 0 Å². The minimum absolute atomic E-state index is 0. The number of hydrogen-bond donors (Lipinski definition) is 0. The van der Waals surface area contributed by atoms with Gasteiger partial charge in [-0.15, -0.1) is 0 Å². The summed E-state index contributed by atoms with van der Waals surface area (Å²) in [7, 11) is -3.57. The van der Waals surface area contributed by atoms with Gasteiger partial charge >= 0.3 is 51.4 Å². The van der Waals surface area contributed by atoms with Crippen LogP contribution in [-0.4, -0.2) is 66.4 Å². The molecule has 0 amide bonds. The van der Waals surface area contributed by atoms with E-state index < -0.39 is 10.1 Å². The Labute approximate surface area is 172 Å². The molecule has 1 aromatic rings. The number of hydrogen-bond acceptors (Lipinski definition) is 3. The summed E-state index contributed by atoms with van der Waals surface area (Å²) in [5.74, 6) is 0. The van der Waals surface area contributed by atoms with E-state index in [2.05, 4.69) is 6.92 Å². The first-order chi connectivity index (χ1) is 9.67. The molecule has 0 aliphatic heterocycles. The summed E-state index contributed by atoms with van der Waals surface area (Å²) in [6.07, 6.45) is 9.44. The summed E-state index contributed by atoms with van der Waals surface area (Å²) >= 11 is 0. The number of benzene rings is 1. The topological polar surface area (TPSA) is 43.4 Å². The molecule has 0 aliphatic carbocycles. The summed E-state index contributed by atoms with van der Waals surface area (Å²) in [6, 6.07) is 8.31. The molecule has 0 saturated heterocycles. The van der Waals surface area contributed by atoms with Crippen LogP contribution in [0, 0.1) is 0 Å². The fourth-order valence-corrected chi connectivity index (χ4v) is 3.02. The first-order valence-corrected chi connectivity index (χ1v) is 9.02. The Bertz CT molecular complexity index is 446. The molecule has 116 valence electrons. The van der Waals surface area contributed by atoms with E-state index in [0.717, 1.165) is 12.8 Å². The zero-order valence-corrected chi connectivity index (χ0v) is 13.2. The molecule has 0 radical (unpaired) electrons. The molecule has 1 rings (SSSR count). The van der Waals surface area contributed by atoms with Gasteiger partial charge in [-0.25, -0.2) is 0 Å². The van der Waals surface area contributed by atoms with E-state index in [0.29, 0.717) is 0 Å². The third-order valence-electron chi connectivity index (χ3n) is 3.27. The third kappa shape index (κ3) is 10.2. The van der Waals surface area contributed by atoms with Gasteiger partial charge < -0.3 is 0 Å². The molecule has 0 fully saturated rings. The van der Waals surface area contributed by atoms with Crippen molar-refractivity contribution >= 4 is 61.5 Å². The maximum atomic E-state index is 11.8. The van der Waals surface area contributed by atoms with Crippen molar-refractivity contribution in [2.24, 2.45) is 0 Å². The Kier molecular flexibility index (Phi) is 13.7. The van der Waals surface area contributed by atoms with E-state index in [-0.39, 0.29) is 62.9 Å². The Morgan fingerprint density at radius 3 is 1.95 bits per heavy atom. The molecule has 0 atom stereocenters. The van der Waals surface area contributed by atoms with E-state index in [1.165, 1.54) is 38.5 Å². The monoisotopic (exact) mass is 338 g/mol. The molecular formula is C16H27KO3S. The SMILES string of the molecule is CCCCCCCCCCOS(=O)(=O)c1ccccc1.[KH]. The van der Waals surface area contributed by atoms with Crippen LogP contribution in [0.25, 0.3) is 0 Å². The van der Waals surface area contributed by atoms with Gasteiger partial charge in [0, 0.05) is 0 Å². The van der Waals surface area contributed by atoms with Gasteiger partial charge in [0.05, 0.1) is 11.5 Å². The van der Waals surface area contributed by atoms with Crippen LogP contribution < -0.4 is 0 Å². The molecule has 0 spiro atoms. The average Bonchev–Trinajstić information content (AvgIpc) is 2.46. The average molecular weight is 339 g/mol. The van der Waals surface area contributed by atoms with E-state index >= 15 is 0 Å². The Hall–Kier alpha value is 0.766. The van der Waals surface area contributed by atoms with Crippen LogP contribution in [0.15, 0.2) is 35.2 Å². The van der Waals surface area contributed by atoms with Crippen molar-refractivity contribution in [1.29, 1.82) is 0 Å². The van der Waals surface area contributed by atoms with E-state index in [1.54, 1.807) is 30.3 Å². The number of rotatable bonds is 11. The summed E-state index contributed by atoms with van der Waals surface area (Å²) < 4.78 is 28.7. The molecule has 0 heterocycles. The quantitative estimate of drug-likeness (QED) is 0.349. The van der Waals surface area contributed by atoms with Crippen molar-refractivity contribution in [2.45, 2.75) is 63.2 Å². The molecule has 0 aliphatic rings. The molecule has 0 unspecified atom stereocenters. The fourth-order valence-electron chi connectivity index (χ4n) is 2.06. The molecule has 3 nitrogen and oxygen atoms in total. The number of unbranched alkanes of at least 4 members (excludes halogenated alkanes) is 7. The van der Waals surface area contributed by atoms with Crippen LogP contribution in [-0.2, 0) is 14.3 Å². The van der Waals surface area contributed by atoms with Crippen molar-refractivity contribution in [3.63, 3.8) is 0 Å². The van der Waals surface area contributed by atoms with Crippen LogP contribution in [0.4, 0.5) is 0 Å². The van der Waals surface area contributed by atoms with Crippen LogP contribution in [0.3, 0.4) is 0 Å². The molecule has 21 heavy (non-hydrogen) atoms. The second-order valence-corrected chi connectivity index (χ2v) is 6.68. The van der Waals surface area contributed by atoms with Crippen molar-refractivity contribution < 1.29 is 12.6 Å². The second kappa shape index (κ2) is 13.2. The van der Waals surface area contributed by atoms with E-state index in [1.807, 2.05) is 0 Å². The predicted molar refractivity (Wildman–Crippen MR) is 89.3 cm³/mol. The molecule has 1 aromatic carbocycles. The molecule has 0 aromatic heterocycles. The van der Waals surface area contributed by atoms with Crippen LogP contribution in [0.1, 0.15) is 58.3 Å². The van der Waals surface area contributed by atoms with Gasteiger partial charge in [0.1, 0.15) is 0 Å². The summed E-state index contributed by atoms with van der Waals surface area (Å²) in [4.78, 5) is 0.236. The van der Waals surface area contributed by atoms with Crippen molar-refractivity contribution in [2.75, 3.05) is 6.61 Å². The first kappa shape index (κ1) is 21.8. The van der Waals surface area contributed by atoms with Crippen LogP contribution in [0.5, 0.6) is 0 Å². The first-order valence-electron chi connectivity index (χ1n) is 7.61. The Balaban J connectivity index is 0.00000400. The molecule has 0 bridgehead atoms. The van der Waals surface area contributed by atoms with Crippen LogP contribution in [0.2, 0.25) is 0 Å². The Morgan fingerprint density at radius 2 is 1.38 bits per heavy atom. The van der Waals surface area contributed by atoms with Gasteiger partial charge in [0.15, 0.2) is 0 Å². The zero-order valence-electron chi connectivity index (χ0n) is 12.4. The second-order valence-electron chi connectivity index (χ2n) is 5.06. The summed E-state index contributed by atoms with van der Waals surface area (Å²) in [5.41, 5.74) is 0. The fraction of sp³-hybridized carbons (Fsp3) is 0.625. The molecule has 0 saturated carbocycles. The summed E-state index contributed by atoms with van der Waals surface area (Å²) in [6.45, 7) is 2.50. The standard InChI is InChI=1S/C16H26O3S.K.H/c1-2-3-4-5-6-7-8-12-15-19-20(17,18)16-13-10-9-11-14-16;;/h9-11,13-14H,2-8,12,15H2,1H3;;. The normalized spacial score (nSPS) is 11.1. The third-order valence-corrected chi connectivity index (χ3v) is 4.59. The maximum absolute atomic E-state index is 11.8. The minimum atomic E-state index is -3.57. The van der Waals surface area contributed by atoms with Crippen molar-refractivity contribution in [1.82, 2.24) is 0 Å². The Morgan fingerprint density at radius 1 is 0.857 bits per heavy atom. The van der Waals surface area contributed by atoms with Gasteiger partial charge in [-0.05, 0) is 18.6 Å². The van der Waals surface area contributed by atoms with E-state index in [4.69, 9.17) is 4.18 Å². The van der Waals surface area contributed by atoms with Gasteiger partial charge in [-0.2, -0.15) is 8.42 Å². The predicted octanol–water partition coefficient (Wildman–Crippen LogP) is 3.88. The van der Waals surface area contributed by atoms with Gasteiger partial charge in [-0.1, -0.05) is 70.1 Å². The zero-order chi connectivity index (χ0) is 14.7. The van der Waals surface area contributed by atoms with Crippen LogP contribution >= 0.6 is 0 Å². The summed E-state index contributed by atoms with van der Waals surface area (Å²) in [5, 5.41) is 0. The van der Waals surface area contributed by atoms with E-state index in [9.17, 15) is 8.42 Å².